The molecule has 1 amide bonds. The van der Waals surface area contributed by atoms with Crippen LogP contribution in [-0.4, -0.2) is 68.6 Å². The molecule has 0 aliphatic heterocycles. The monoisotopic (exact) mass is 533 g/mol. The predicted octanol–water partition coefficient (Wildman–Crippen LogP) is 5.04. The number of aliphatic hydroxyl groups excluding tert-OH is 1. The quantitative estimate of drug-likeness (QED) is 0.388. The Morgan fingerprint density at radius 1 is 1.18 bits per heavy atom. The molecule has 0 bridgehead atoms. The average molecular weight is 534 g/mol. The highest BCUT2D eigenvalue weighted by Crippen LogP contribution is 2.31. The zero-order valence-corrected chi connectivity index (χ0v) is 21.6. The van der Waals surface area contributed by atoms with Crippen LogP contribution in [0.3, 0.4) is 0 Å². The number of aliphatic hydroxyl groups is 1. The number of hydrogen-bond acceptors (Lipinski definition) is 7. The number of amides is 1. The zero-order chi connectivity index (χ0) is 24.0. The maximum Gasteiger partial charge on any atom is 0.414 e. The van der Waals surface area contributed by atoms with Gasteiger partial charge in [0.05, 0.1) is 34.5 Å². The van der Waals surface area contributed by atoms with Gasteiger partial charge in [-0.3, -0.25) is 0 Å². The Bertz CT molecular complexity index is 1150. The predicted molar refractivity (Wildman–Crippen MR) is 138 cm³/mol. The fraction of sp³-hybridized carbons (Fsp3) is 0.333. The van der Waals surface area contributed by atoms with Gasteiger partial charge in [-0.2, -0.15) is 0 Å². The van der Waals surface area contributed by atoms with Crippen LogP contribution in [0.1, 0.15) is 16.1 Å². The van der Waals surface area contributed by atoms with Gasteiger partial charge < -0.3 is 24.4 Å². The van der Waals surface area contributed by atoms with Crippen LogP contribution in [0.5, 0.6) is 5.75 Å². The molecule has 1 heterocycles. The number of carbonyl (C=O) groups excluding carboxylic acids is 1. The maximum absolute atomic E-state index is 11.8. The molecule has 1 N–H and O–H groups in total. The summed E-state index contributed by atoms with van der Waals surface area (Å²) in [5.74, 6) is 0.472. The Morgan fingerprint density at radius 2 is 1.97 bits per heavy atom. The highest BCUT2D eigenvalue weighted by Gasteiger charge is 2.11. The summed E-state index contributed by atoms with van der Waals surface area (Å²) >= 11 is 5.10. The van der Waals surface area contributed by atoms with Gasteiger partial charge in [0, 0.05) is 33.4 Å². The first-order valence-corrected chi connectivity index (χ1v) is 12.1. The lowest BCUT2D eigenvalue weighted by molar-refractivity contribution is 0.0971. The first-order chi connectivity index (χ1) is 15.8. The number of fused-ring (bicyclic) bond motifs is 1. The molecule has 0 saturated carbocycles. The van der Waals surface area contributed by atoms with E-state index < -0.39 is 6.09 Å². The summed E-state index contributed by atoms with van der Waals surface area (Å²) in [6.07, 6.45) is 3.55. The van der Waals surface area contributed by atoms with Crippen LogP contribution in [0.2, 0.25) is 0 Å². The number of thiazole rings is 1. The molecular weight excluding hydrogens is 506 g/mol. The molecule has 0 spiro atoms. The minimum Gasteiger partial charge on any atom is -0.409 e. The number of carbonyl (C=O) groups is 1. The van der Waals surface area contributed by atoms with E-state index in [0.29, 0.717) is 23.4 Å². The number of anilines is 1. The first-order valence-electron chi connectivity index (χ1n) is 10.5. The largest absolute Gasteiger partial charge is 0.414 e. The van der Waals surface area contributed by atoms with E-state index in [-0.39, 0.29) is 6.61 Å². The lowest BCUT2D eigenvalue weighted by Crippen LogP contribution is -2.25. The summed E-state index contributed by atoms with van der Waals surface area (Å²) in [6, 6.07) is 9.82. The third-order valence-electron chi connectivity index (χ3n) is 4.88. The van der Waals surface area contributed by atoms with Crippen molar-refractivity contribution in [2.45, 2.75) is 6.92 Å². The van der Waals surface area contributed by atoms with Gasteiger partial charge in [0.25, 0.3) is 0 Å². The molecule has 176 valence electrons. The lowest BCUT2D eigenvalue weighted by Gasteiger charge is -2.21. The molecule has 0 radical (unpaired) electrons. The molecule has 9 heteroatoms. The second kappa shape index (κ2) is 11.6. The molecule has 0 aliphatic rings. The smallest absolute Gasteiger partial charge is 0.409 e. The van der Waals surface area contributed by atoms with E-state index in [9.17, 15) is 4.79 Å². The molecule has 0 saturated heterocycles. The van der Waals surface area contributed by atoms with Crippen molar-refractivity contribution in [3.63, 3.8) is 0 Å². The molecule has 0 unspecified atom stereocenters. The molecule has 3 rings (SSSR count). The van der Waals surface area contributed by atoms with Crippen molar-refractivity contribution in [1.82, 2.24) is 9.88 Å². The van der Waals surface area contributed by atoms with Gasteiger partial charge in [-0.25, -0.2) is 9.78 Å². The van der Waals surface area contributed by atoms with E-state index in [0.717, 1.165) is 38.6 Å². The Morgan fingerprint density at radius 3 is 2.67 bits per heavy atom. The van der Waals surface area contributed by atoms with Crippen LogP contribution in [0.15, 0.2) is 34.8 Å². The fourth-order valence-electron chi connectivity index (χ4n) is 3.11. The molecule has 0 atom stereocenters. The van der Waals surface area contributed by atoms with E-state index in [1.54, 1.807) is 31.5 Å². The van der Waals surface area contributed by atoms with Gasteiger partial charge in [0.1, 0.15) is 10.8 Å². The Hall–Kier alpha value is -2.46. The molecule has 3 aromatic rings. The highest BCUT2D eigenvalue weighted by atomic mass is 79.9. The van der Waals surface area contributed by atoms with Crippen molar-refractivity contribution >= 4 is 61.4 Å². The van der Waals surface area contributed by atoms with E-state index in [1.807, 2.05) is 31.3 Å². The van der Waals surface area contributed by atoms with Gasteiger partial charge in [0.2, 0.25) is 0 Å². The van der Waals surface area contributed by atoms with Crippen LogP contribution < -0.4 is 9.64 Å². The Balaban J connectivity index is 1.73. The number of benzene rings is 2. The van der Waals surface area contributed by atoms with Gasteiger partial charge in [0.15, 0.2) is 0 Å². The number of halogens is 1. The Labute approximate surface area is 206 Å². The number of hydrogen-bond donors (Lipinski definition) is 1. The molecule has 0 aliphatic carbocycles. The fourth-order valence-corrected chi connectivity index (χ4v) is 4.48. The van der Waals surface area contributed by atoms with Crippen molar-refractivity contribution in [2.24, 2.45) is 0 Å². The minimum absolute atomic E-state index is 0.0386. The Kier molecular flexibility index (Phi) is 8.85. The van der Waals surface area contributed by atoms with Crippen molar-refractivity contribution in [2.75, 3.05) is 52.4 Å². The number of aryl methyl sites for hydroxylation is 1. The van der Waals surface area contributed by atoms with Gasteiger partial charge >= 0.3 is 6.09 Å². The van der Waals surface area contributed by atoms with Crippen molar-refractivity contribution in [3.05, 3.63) is 50.9 Å². The first kappa shape index (κ1) is 25.2. The van der Waals surface area contributed by atoms with Gasteiger partial charge in [-0.1, -0.05) is 12.1 Å². The zero-order valence-electron chi connectivity index (χ0n) is 19.2. The summed E-state index contributed by atoms with van der Waals surface area (Å²) in [5.41, 5.74) is 4.23. The summed E-state index contributed by atoms with van der Waals surface area (Å²) in [6.45, 7) is 3.78. The van der Waals surface area contributed by atoms with Crippen LogP contribution >= 0.6 is 27.3 Å². The topological polar surface area (TPSA) is 75.1 Å². The second-order valence-corrected chi connectivity index (χ2v) is 9.62. The summed E-state index contributed by atoms with van der Waals surface area (Å²) in [4.78, 5) is 20.0. The van der Waals surface area contributed by atoms with E-state index in [2.05, 4.69) is 39.9 Å². The number of aromatic nitrogens is 1. The second-order valence-electron chi connectivity index (χ2n) is 7.70. The SMILES string of the molecule is Cc1cc2nc(/C=C/c3ccc(OC(=O)N(C)C)c(Br)c3)sc2cc1N(C)CCOCCO. The standard InChI is InChI=1S/C24H28BrN3O4S/c1-16-13-19-22(15-20(16)28(4)9-11-31-12-10-29)33-23(26-19)8-6-17-5-7-21(18(25)14-17)32-24(30)27(2)3/h5-8,13-15,29H,9-12H2,1-4H3/b8-6+. The maximum atomic E-state index is 11.8. The van der Waals surface area contributed by atoms with Crippen molar-refractivity contribution < 1.29 is 19.4 Å². The highest BCUT2D eigenvalue weighted by molar-refractivity contribution is 9.10. The van der Waals surface area contributed by atoms with Crippen LogP contribution in [0.25, 0.3) is 22.4 Å². The molecule has 1 aromatic heterocycles. The normalized spacial score (nSPS) is 11.3. The third kappa shape index (κ3) is 6.77. The van der Waals surface area contributed by atoms with E-state index in [4.69, 9.17) is 19.6 Å². The molecule has 0 fully saturated rings. The third-order valence-corrected chi connectivity index (χ3v) is 6.48. The number of likely N-dealkylation sites (N-methyl/N-ethyl adjacent to an activating group) is 1. The van der Waals surface area contributed by atoms with Crippen LogP contribution in [-0.2, 0) is 4.74 Å². The van der Waals surface area contributed by atoms with Gasteiger partial charge in [-0.15, -0.1) is 11.3 Å². The van der Waals surface area contributed by atoms with Crippen molar-refractivity contribution in [1.29, 1.82) is 0 Å². The minimum atomic E-state index is -0.425. The average Bonchev–Trinajstić information content (AvgIpc) is 3.17. The molecular formula is C24H28BrN3O4S. The van der Waals surface area contributed by atoms with Gasteiger partial charge in [-0.05, 0) is 64.3 Å². The lowest BCUT2D eigenvalue weighted by atomic mass is 10.1. The van der Waals surface area contributed by atoms with Crippen molar-refractivity contribution in [3.8, 4) is 5.75 Å². The van der Waals surface area contributed by atoms with Crippen LogP contribution in [0, 0.1) is 6.92 Å². The van der Waals surface area contributed by atoms with Crippen LogP contribution in [0.4, 0.5) is 10.5 Å². The molecule has 7 nitrogen and oxygen atoms in total. The summed E-state index contributed by atoms with van der Waals surface area (Å²) < 4.78 is 12.5. The number of ether oxygens (including phenoxy) is 2. The number of rotatable bonds is 9. The van der Waals surface area contributed by atoms with E-state index in [1.165, 1.54) is 4.90 Å². The molecule has 33 heavy (non-hydrogen) atoms. The molecule has 2 aromatic carbocycles. The summed E-state index contributed by atoms with van der Waals surface area (Å²) in [5, 5.41) is 9.75. The number of nitrogens with zero attached hydrogens (tertiary/aromatic N) is 3. The van der Waals surface area contributed by atoms with E-state index >= 15 is 0 Å². The summed E-state index contributed by atoms with van der Waals surface area (Å²) in [7, 11) is 5.32.